The molecule has 0 saturated carbocycles. The van der Waals surface area contributed by atoms with Crippen LogP contribution in [-0.4, -0.2) is 30.2 Å². The molecule has 0 aliphatic heterocycles. The van der Waals surface area contributed by atoms with E-state index in [2.05, 4.69) is 9.97 Å². The van der Waals surface area contributed by atoms with Gasteiger partial charge in [-0.15, -0.1) is 0 Å². The Balaban J connectivity index is 2.00. The van der Waals surface area contributed by atoms with Gasteiger partial charge in [0, 0.05) is 25.5 Å². The fourth-order valence-electron chi connectivity index (χ4n) is 2.14. The molecule has 7 nitrogen and oxygen atoms in total. The largest absolute Gasteiger partial charge is 0.478 e. The van der Waals surface area contributed by atoms with Crippen LogP contribution in [-0.2, 0) is 13.1 Å². The molecule has 7 heteroatoms. The van der Waals surface area contributed by atoms with Gasteiger partial charge in [0.25, 0.3) is 0 Å². The molecule has 3 rings (SSSR count). The van der Waals surface area contributed by atoms with E-state index in [-0.39, 0.29) is 11.3 Å². The number of aryl methyl sites for hydroxylation is 2. The Kier molecular flexibility index (Phi) is 2.86. The Morgan fingerprint density at radius 1 is 1.35 bits per heavy atom. The van der Waals surface area contributed by atoms with Crippen molar-refractivity contribution in [3.05, 3.63) is 53.0 Å². The maximum atomic E-state index is 11.9. The Morgan fingerprint density at radius 2 is 2.20 bits per heavy atom. The number of rotatable bonds is 4. The fraction of sp³-hybridized carbons (Fsp3) is 0.154. The number of carboxylic acids is 1. The molecule has 1 aromatic carbocycles. The summed E-state index contributed by atoms with van der Waals surface area (Å²) < 4.78 is 3.38. The number of nitrogens with one attached hydrogen (secondary N) is 1. The number of aromatic carboxylic acids is 1. The third-order valence-corrected chi connectivity index (χ3v) is 3.16. The average molecular weight is 272 g/mol. The van der Waals surface area contributed by atoms with Gasteiger partial charge in [-0.05, 0) is 18.2 Å². The molecule has 2 heterocycles. The van der Waals surface area contributed by atoms with Gasteiger partial charge in [-0.3, -0.25) is 4.57 Å². The molecule has 3 aromatic rings. The second-order valence-electron chi connectivity index (χ2n) is 4.42. The molecule has 0 amide bonds. The van der Waals surface area contributed by atoms with E-state index in [4.69, 9.17) is 5.11 Å². The van der Waals surface area contributed by atoms with E-state index in [1.165, 1.54) is 16.7 Å². The van der Waals surface area contributed by atoms with E-state index in [9.17, 15) is 9.59 Å². The van der Waals surface area contributed by atoms with Crippen LogP contribution in [0.1, 0.15) is 10.4 Å². The predicted octanol–water partition coefficient (Wildman–Crippen LogP) is 0.924. The van der Waals surface area contributed by atoms with Gasteiger partial charge in [0.2, 0.25) is 0 Å². The molecule has 0 fully saturated rings. The maximum absolute atomic E-state index is 11.9. The summed E-state index contributed by atoms with van der Waals surface area (Å²) >= 11 is 0. The average Bonchev–Trinajstić information content (AvgIpc) is 3.02. The predicted molar refractivity (Wildman–Crippen MR) is 71.7 cm³/mol. The number of carbonyl (C=O) groups is 1. The zero-order chi connectivity index (χ0) is 14.1. The number of imidazole rings is 2. The van der Waals surface area contributed by atoms with Crippen molar-refractivity contribution in [3.8, 4) is 0 Å². The van der Waals surface area contributed by atoms with Crippen molar-refractivity contribution in [1.29, 1.82) is 0 Å². The number of aromatic amines is 1. The van der Waals surface area contributed by atoms with Crippen molar-refractivity contribution in [1.82, 2.24) is 19.1 Å². The molecule has 0 aliphatic rings. The smallest absolute Gasteiger partial charge is 0.335 e. The van der Waals surface area contributed by atoms with Gasteiger partial charge in [0.05, 0.1) is 22.9 Å². The Hall–Kier alpha value is -2.83. The highest BCUT2D eigenvalue weighted by Gasteiger charge is 2.10. The van der Waals surface area contributed by atoms with E-state index < -0.39 is 5.97 Å². The van der Waals surface area contributed by atoms with E-state index in [0.29, 0.717) is 24.1 Å². The fourth-order valence-corrected chi connectivity index (χ4v) is 2.14. The normalized spacial score (nSPS) is 11.0. The van der Waals surface area contributed by atoms with Crippen LogP contribution in [0.25, 0.3) is 11.0 Å². The first kappa shape index (κ1) is 12.2. The van der Waals surface area contributed by atoms with Crippen LogP contribution in [0.5, 0.6) is 0 Å². The van der Waals surface area contributed by atoms with Gasteiger partial charge in [-0.1, -0.05) is 0 Å². The standard InChI is InChI=1S/C13H12N4O3/c18-12(19)9-1-2-10-11(7-9)17(13(20)15-10)6-5-16-4-3-14-8-16/h1-4,7-8H,5-6H2,(H,15,20)(H,18,19). The summed E-state index contributed by atoms with van der Waals surface area (Å²) in [5, 5.41) is 9.01. The molecule has 0 unspecified atom stereocenters. The van der Waals surface area contributed by atoms with Crippen LogP contribution in [0.3, 0.4) is 0 Å². The molecular formula is C13H12N4O3. The number of H-pyrrole nitrogens is 1. The molecule has 2 N–H and O–H groups in total. The van der Waals surface area contributed by atoms with Crippen LogP contribution in [0.4, 0.5) is 0 Å². The number of aromatic nitrogens is 4. The lowest BCUT2D eigenvalue weighted by atomic mass is 10.2. The summed E-state index contributed by atoms with van der Waals surface area (Å²) in [5.74, 6) is -1.01. The van der Waals surface area contributed by atoms with Gasteiger partial charge in [-0.25, -0.2) is 14.6 Å². The first-order valence-electron chi connectivity index (χ1n) is 6.07. The van der Waals surface area contributed by atoms with Gasteiger partial charge < -0.3 is 14.7 Å². The summed E-state index contributed by atoms with van der Waals surface area (Å²) in [6.45, 7) is 1.03. The molecule has 20 heavy (non-hydrogen) atoms. The molecule has 0 radical (unpaired) electrons. The highest BCUT2D eigenvalue weighted by Crippen LogP contribution is 2.13. The third kappa shape index (κ3) is 2.09. The van der Waals surface area contributed by atoms with Crippen molar-refractivity contribution in [2.24, 2.45) is 0 Å². The van der Waals surface area contributed by atoms with Gasteiger partial charge in [-0.2, -0.15) is 0 Å². The monoisotopic (exact) mass is 272 g/mol. The second-order valence-corrected chi connectivity index (χ2v) is 4.42. The summed E-state index contributed by atoms with van der Waals surface area (Å²) in [5.41, 5.74) is 1.14. The van der Waals surface area contributed by atoms with E-state index in [1.807, 2.05) is 10.8 Å². The number of fused-ring (bicyclic) bond motifs is 1. The summed E-state index contributed by atoms with van der Waals surface area (Å²) in [6, 6.07) is 4.58. The molecular weight excluding hydrogens is 260 g/mol. The zero-order valence-electron chi connectivity index (χ0n) is 10.5. The molecule has 0 atom stereocenters. The highest BCUT2D eigenvalue weighted by molar-refractivity contribution is 5.92. The number of nitrogens with zero attached hydrogens (tertiary/aromatic N) is 3. The lowest BCUT2D eigenvalue weighted by molar-refractivity contribution is 0.0697. The Bertz CT molecular complexity index is 814. The molecule has 2 aromatic heterocycles. The number of benzene rings is 1. The van der Waals surface area contributed by atoms with Crippen LogP contribution >= 0.6 is 0 Å². The summed E-state index contributed by atoms with van der Waals surface area (Å²) in [4.78, 5) is 29.6. The van der Waals surface area contributed by atoms with E-state index in [1.54, 1.807) is 18.6 Å². The SMILES string of the molecule is O=C(O)c1ccc2[nH]c(=O)n(CCn3ccnc3)c2c1. The van der Waals surface area contributed by atoms with Crippen molar-refractivity contribution in [2.75, 3.05) is 0 Å². The molecule has 0 spiro atoms. The molecule has 0 aliphatic carbocycles. The summed E-state index contributed by atoms with van der Waals surface area (Å²) in [6.07, 6.45) is 5.14. The number of hydrogen-bond acceptors (Lipinski definition) is 3. The van der Waals surface area contributed by atoms with Crippen molar-refractivity contribution < 1.29 is 9.90 Å². The molecule has 0 saturated heterocycles. The zero-order valence-corrected chi connectivity index (χ0v) is 10.5. The minimum atomic E-state index is -1.01. The van der Waals surface area contributed by atoms with Crippen molar-refractivity contribution in [3.63, 3.8) is 0 Å². The second kappa shape index (κ2) is 4.69. The van der Waals surface area contributed by atoms with E-state index in [0.717, 1.165) is 0 Å². The Labute approximate surface area is 113 Å². The van der Waals surface area contributed by atoms with Crippen LogP contribution in [0.2, 0.25) is 0 Å². The summed E-state index contributed by atoms with van der Waals surface area (Å²) in [7, 11) is 0. The first-order valence-corrected chi connectivity index (χ1v) is 6.07. The number of hydrogen-bond donors (Lipinski definition) is 2. The van der Waals surface area contributed by atoms with Crippen molar-refractivity contribution >= 4 is 17.0 Å². The highest BCUT2D eigenvalue weighted by atomic mass is 16.4. The van der Waals surface area contributed by atoms with Crippen LogP contribution in [0, 0.1) is 0 Å². The Morgan fingerprint density at radius 3 is 2.90 bits per heavy atom. The minimum absolute atomic E-state index is 0.160. The quantitative estimate of drug-likeness (QED) is 0.738. The topological polar surface area (TPSA) is 92.9 Å². The molecule has 102 valence electrons. The van der Waals surface area contributed by atoms with Crippen LogP contribution in [0.15, 0.2) is 41.7 Å². The lowest BCUT2D eigenvalue weighted by Crippen LogP contribution is -2.19. The minimum Gasteiger partial charge on any atom is -0.478 e. The molecule has 0 bridgehead atoms. The number of carboxylic acid groups (broad SMARTS) is 1. The van der Waals surface area contributed by atoms with Gasteiger partial charge in [0.15, 0.2) is 0 Å². The van der Waals surface area contributed by atoms with E-state index >= 15 is 0 Å². The van der Waals surface area contributed by atoms with Gasteiger partial charge >= 0.3 is 11.7 Å². The first-order chi connectivity index (χ1) is 9.65. The maximum Gasteiger partial charge on any atom is 0.335 e. The van der Waals surface area contributed by atoms with Crippen molar-refractivity contribution in [2.45, 2.75) is 13.1 Å². The lowest BCUT2D eigenvalue weighted by Gasteiger charge is -2.04. The van der Waals surface area contributed by atoms with Crippen LogP contribution < -0.4 is 5.69 Å². The third-order valence-electron chi connectivity index (χ3n) is 3.16. The van der Waals surface area contributed by atoms with Gasteiger partial charge in [0.1, 0.15) is 0 Å².